The van der Waals surface area contributed by atoms with E-state index in [0.29, 0.717) is 5.41 Å². The van der Waals surface area contributed by atoms with E-state index in [1.165, 1.54) is 50.6 Å². The van der Waals surface area contributed by atoms with Crippen molar-refractivity contribution >= 4 is 0 Å². The lowest BCUT2D eigenvalue weighted by Crippen LogP contribution is -2.36. The van der Waals surface area contributed by atoms with E-state index in [9.17, 15) is 0 Å². The molecule has 0 radical (unpaired) electrons. The van der Waals surface area contributed by atoms with E-state index in [-0.39, 0.29) is 0 Å². The van der Waals surface area contributed by atoms with Crippen LogP contribution in [0.15, 0.2) is 12.2 Å². The summed E-state index contributed by atoms with van der Waals surface area (Å²) in [4.78, 5) is 0. The Morgan fingerprint density at radius 3 is 2.53 bits per heavy atom. The molecule has 2 atom stereocenters. The van der Waals surface area contributed by atoms with Crippen molar-refractivity contribution in [1.29, 1.82) is 0 Å². The zero-order valence-corrected chi connectivity index (χ0v) is 11.9. The van der Waals surface area contributed by atoms with E-state index in [0.717, 1.165) is 17.9 Å². The molecular formula is C16H29N. The number of rotatable bonds is 5. The van der Waals surface area contributed by atoms with Crippen molar-refractivity contribution in [3.63, 3.8) is 0 Å². The summed E-state index contributed by atoms with van der Waals surface area (Å²) in [6, 6.07) is 0.857. The van der Waals surface area contributed by atoms with Gasteiger partial charge in [-0.15, -0.1) is 6.58 Å². The van der Waals surface area contributed by atoms with Gasteiger partial charge in [0.25, 0.3) is 0 Å². The molecule has 1 nitrogen and oxygen atoms in total. The van der Waals surface area contributed by atoms with Gasteiger partial charge < -0.3 is 5.32 Å². The monoisotopic (exact) mass is 235 g/mol. The van der Waals surface area contributed by atoms with Crippen LogP contribution in [0.1, 0.15) is 59.3 Å². The second kappa shape index (κ2) is 5.14. The topological polar surface area (TPSA) is 12.0 Å². The lowest BCUT2D eigenvalue weighted by atomic mass is 9.65. The molecule has 0 heterocycles. The highest BCUT2D eigenvalue weighted by Gasteiger charge is 2.35. The van der Waals surface area contributed by atoms with Gasteiger partial charge in [0, 0.05) is 6.04 Å². The molecule has 98 valence electrons. The molecular weight excluding hydrogens is 206 g/mol. The smallest absolute Gasteiger partial charge is 0.00683 e. The van der Waals surface area contributed by atoms with E-state index in [1.54, 1.807) is 0 Å². The van der Waals surface area contributed by atoms with Crippen molar-refractivity contribution in [3.05, 3.63) is 12.2 Å². The first-order valence-electron chi connectivity index (χ1n) is 7.34. The van der Waals surface area contributed by atoms with Crippen LogP contribution in [0.2, 0.25) is 0 Å². The van der Waals surface area contributed by atoms with Crippen LogP contribution in [0.3, 0.4) is 0 Å². The van der Waals surface area contributed by atoms with Crippen molar-refractivity contribution in [3.8, 4) is 0 Å². The normalized spacial score (nSPS) is 32.4. The Kier molecular flexibility index (Phi) is 3.97. The molecule has 1 heteroatoms. The highest BCUT2D eigenvalue weighted by Crippen LogP contribution is 2.44. The Labute approximate surface area is 107 Å². The molecule has 0 aliphatic heterocycles. The summed E-state index contributed by atoms with van der Waals surface area (Å²) >= 11 is 0. The maximum Gasteiger partial charge on any atom is 0.00683 e. The van der Waals surface area contributed by atoms with Gasteiger partial charge in [0.1, 0.15) is 0 Å². The SMILES string of the molecule is C=C(C)CC1CC(C)(C)CCC1CNC1CC1. The van der Waals surface area contributed by atoms with Gasteiger partial charge >= 0.3 is 0 Å². The highest BCUT2D eigenvalue weighted by molar-refractivity contribution is 4.96. The summed E-state index contributed by atoms with van der Waals surface area (Å²) in [5, 5.41) is 3.73. The summed E-state index contributed by atoms with van der Waals surface area (Å²) in [5.74, 6) is 1.75. The second-order valence-electron chi connectivity index (χ2n) is 7.27. The van der Waals surface area contributed by atoms with Gasteiger partial charge in [-0.25, -0.2) is 0 Å². The zero-order chi connectivity index (χ0) is 12.5. The van der Waals surface area contributed by atoms with Crippen molar-refractivity contribution < 1.29 is 0 Å². The summed E-state index contributed by atoms with van der Waals surface area (Å²) in [6.07, 6.45) is 8.24. The first-order chi connectivity index (χ1) is 7.96. The molecule has 2 unspecified atom stereocenters. The average Bonchev–Trinajstić information content (AvgIpc) is 2.98. The van der Waals surface area contributed by atoms with Crippen LogP contribution in [-0.4, -0.2) is 12.6 Å². The van der Waals surface area contributed by atoms with Gasteiger partial charge in [0.2, 0.25) is 0 Å². The standard InChI is InChI=1S/C16H29N/c1-12(2)9-14-10-16(3,4)8-7-13(14)11-17-15-5-6-15/h13-15,17H,1,5-11H2,2-4H3. The van der Waals surface area contributed by atoms with Gasteiger partial charge in [-0.1, -0.05) is 19.4 Å². The molecule has 0 aromatic rings. The summed E-state index contributed by atoms with van der Waals surface area (Å²) in [6.45, 7) is 12.4. The third-order valence-electron chi connectivity index (χ3n) is 4.53. The fourth-order valence-electron chi connectivity index (χ4n) is 3.35. The van der Waals surface area contributed by atoms with Crippen molar-refractivity contribution in [2.45, 2.75) is 65.3 Å². The molecule has 17 heavy (non-hydrogen) atoms. The van der Waals surface area contributed by atoms with Gasteiger partial charge in [-0.05, 0) is 69.2 Å². The van der Waals surface area contributed by atoms with Crippen LogP contribution >= 0.6 is 0 Å². The predicted molar refractivity (Wildman–Crippen MR) is 75.1 cm³/mol. The third-order valence-corrected chi connectivity index (χ3v) is 4.53. The molecule has 0 aromatic carbocycles. The molecule has 2 aliphatic rings. The Morgan fingerprint density at radius 2 is 1.94 bits per heavy atom. The zero-order valence-electron chi connectivity index (χ0n) is 11.9. The Hall–Kier alpha value is -0.300. The summed E-state index contributed by atoms with van der Waals surface area (Å²) < 4.78 is 0. The fourth-order valence-corrected chi connectivity index (χ4v) is 3.35. The lowest BCUT2D eigenvalue weighted by molar-refractivity contribution is 0.116. The van der Waals surface area contributed by atoms with Crippen molar-refractivity contribution in [1.82, 2.24) is 5.32 Å². The van der Waals surface area contributed by atoms with Crippen LogP contribution < -0.4 is 5.32 Å². The third kappa shape index (κ3) is 4.13. The number of allylic oxidation sites excluding steroid dienone is 1. The van der Waals surface area contributed by atoms with Crippen LogP contribution in [0.25, 0.3) is 0 Å². The van der Waals surface area contributed by atoms with Gasteiger partial charge in [-0.3, -0.25) is 0 Å². The summed E-state index contributed by atoms with van der Waals surface area (Å²) in [7, 11) is 0. The molecule has 2 rings (SSSR count). The maximum atomic E-state index is 4.12. The average molecular weight is 235 g/mol. The van der Waals surface area contributed by atoms with Crippen LogP contribution in [-0.2, 0) is 0 Å². The van der Waals surface area contributed by atoms with E-state index in [4.69, 9.17) is 0 Å². The van der Waals surface area contributed by atoms with Gasteiger partial charge in [0.15, 0.2) is 0 Å². The molecule has 2 saturated carbocycles. The van der Waals surface area contributed by atoms with Crippen LogP contribution in [0, 0.1) is 17.3 Å². The first kappa shape index (κ1) is 13.1. The Morgan fingerprint density at radius 1 is 1.24 bits per heavy atom. The Bertz CT molecular complexity index is 273. The first-order valence-corrected chi connectivity index (χ1v) is 7.34. The van der Waals surface area contributed by atoms with Gasteiger partial charge in [0.05, 0.1) is 0 Å². The van der Waals surface area contributed by atoms with Crippen molar-refractivity contribution in [2.24, 2.45) is 17.3 Å². The number of hydrogen-bond donors (Lipinski definition) is 1. The predicted octanol–water partition coefficient (Wildman–Crippen LogP) is 4.15. The number of hydrogen-bond acceptors (Lipinski definition) is 1. The molecule has 0 amide bonds. The van der Waals surface area contributed by atoms with E-state index >= 15 is 0 Å². The minimum atomic E-state index is 0.552. The largest absolute Gasteiger partial charge is 0.314 e. The molecule has 2 fully saturated rings. The minimum absolute atomic E-state index is 0.552. The second-order valence-corrected chi connectivity index (χ2v) is 7.27. The van der Waals surface area contributed by atoms with Crippen LogP contribution in [0.5, 0.6) is 0 Å². The molecule has 0 aromatic heterocycles. The quantitative estimate of drug-likeness (QED) is 0.706. The molecule has 0 bridgehead atoms. The minimum Gasteiger partial charge on any atom is -0.314 e. The van der Waals surface area contributed by atoms with Crippen molar-refractivity contribution in [2.75, 3.05) is 6.54 Å². The maximum absolute atomic E-state index is 4.12. The summed E-state index contributed by atoms with van der Waals surface area (Å²) in [5.41, 5.74) is 1.92. The molecule has 1 N–H and O–H groups in total. The molecule has 0 spiro atoms. The van der Waals surface area contributed by atoms with Crippen LogP contribution in [0.4, 0.5) is 0 Å². The fraction of sp³-hybridized carbons (Fsp3) is 0.875. The van der Waals surface area contributed by atoms with E-state index in [2.05, 4.69) is 32.7 Å². The lowest BCUT2D eigenvalue weighted by Gasteiger charge is -2.41. The van der Waals surface area contributed by atoms with E-state index < -0.39 is 0 Å². The highest BCUT2D eigenvalue weighted by atomic mass is 14.9. The number of nitrogens with one attached hydrogen (secondary N) is 1. The Balaban J connectivity index is 1.88. The van der Waals surface area contributed by atoms with Gasteiger partial charge in [-0.2, -0.15) is 0 Å². The van der Waals surface area contributed by atoms with E-state index in [1.807, 2.05) is 0 Å². The molecule has 0 saturated heterocycles. The molecule has 2 aliphatic carbocycles.